The van der Waals surface area contributed by atoms with Crippen molar-refractivity contribution < 1.29 is 4.79 Å². The molecule has 2 heterocycles. The number of aromatic amines is 1. The number of amides is 1. The summed E-state index contributed by atoms with van der Waals surface area (Å²) in [5.41, 5.74) is 7.80. The zero-order valence-electron chi connectivity index (χ0n) is 11.8. The number of nitrogen functional groups attached to an aromatic ring is 1. The third-order valence-corrected chi connectivity index (χ3v) is 3.69. The quantitative estimate of drug-likeness (QED) is 0.807. The molecule has 1 amide bonds. The molecule has 0 aliphatic carbocycles. The number of nitrogens with two attached hydrogens (primary N) is 1. The summed E-state index contributed by atoms with van der Waals surface area (Å²) in [7, 11) is 0. The highest BCUT2D eigenvalue weighted by Crippen LogP contribution is 2.22. The monoisotopic (exact) mass is 285 g/mol. The fourth-order valence-corrected chi connectivity index (χ4v) is 2.56. The van der Waals surface area contributed by atoms with Crippen LogP contribution < -0.4 is 16.0 Å². The van der Waals surface area contributed by atoms with Crippen LogP contribution in [0, 0.1) is 0 Å². The Balaban J connectivity index is 1.65. The van der Waals surface area contributed by atoms with Gasteiger partial charge in [0.1, 0.15) is 11.5 Å². The molecule has 110 valence electrons. The molecule has 0 saturated carbocycles. The number of H-pyrrole nitrogens is 1. The van der Waals surface area contributed by atoms with Gasteiger partial charge < -0.3 is 16.0 Å². The molecule has 1 aromatic carbocycles. The summed E-state index contributed by atoms with van der Waals surface area (Å²) in [6.45, 7) is 2.22. The predicted octanol–water partition coefficient (Wildman–Crippen LogP) is 2.23. The molecule has 1 aliphatic rings. The first kappa shape index (κ1) is 13.5. The molecule has 1 fully saturated rings. The number of nitrogens with one attached hydrogen (secondary N) is 2. The van der Waals surface area contributed by atoms with Gasteiger partial charge in [0.15, 0.2) is 0 Å². The van der Waals surface area contributed by atoms with Crippen molar-refractivity contribution in [3.63, 3.8) is 0 Å². The van der Waals surface area contributed by atoms with Crippen LogP contribution in [0.25, 0.3) is 0 Å². The van der Waals surface area contributed by atoms with Crippen LogP contribution in [0.5, 0.6) is 0 Å². The van der Waals surface area contributed by atoms with E-state index in [9.17, 15) is 4.79 Å². The van der Waals surface area contributed by atoms with E-state index in [0.717, 1.165) is 18.8 Å². The molecule has 4 N–H and O–H groups in total. The van der Waals surface area contributed by atoms with Crippen molar-refractivity contribution in [2.45, 2.75) is 19.3 Å². The molecule has 1 aliphatic heterocycles. The zero-order valence-corrected chi connectivity index (χ0v) is 11.8. The van der Waals surface area contributed by atoms with Crippen LogP contribution in [0.3, 0.4) is 0 Å². The SMILES string of the molecule is Nc1cc(C(=O)Nc2ccc(N3CCCCC3)cc2)[nH]n1. The lowest BCUT2D eigenvalue weighted by molar-refractivity contribution is 0.102. The Morgan fingerprint density at radius 1 is 1.19 bits per heavy atom. The second kappa shape index (κ2) is 5.87. The van der Waals surface area contributed by atoms with E-state index in [-0.39, 0.29) is 5.91 Å². The van der Waals surface area contributed by atoms with E-state index < -0.39 is 0 Å². The van der Waals surface area contributed by atoms with Crippen LogP contribution in [0.15, 0.2) is 30.3 Å². The number of carbonyl (C=O) groups excluding carboxylic acids is 1. The Bertz CT molecular complexity index is 613. The Kier molecular flexibility index (Phi) is 3.77. The molecular formula is C15H19N5O. The smallest absolute Gasteiger partial charge is 0.273 e. The van der Waals surface area contributed by atoms with E-state index in [0.29, 0.717) is 11.5 Å². The van der Waals surface area contributed by atoms with Gasteiger partial charge in [0.05, 0.1) is 0 Å². The number of hydrogen-bond acceptors (Lipinski definition) is 4. The van der Waals surface area contributed by atoms with Crippen LogP contribution in [-0.2, 0) is 0 Å². The summed E-state index contributed by atoms with van der Waals surface area (Å²) in [5.74, 6) is 0.0607. The number of aromatic nitrogens is 2. The van der Waals surface area contributed by atoms with Crippen molar-refractivity contribution in [3.8, 4) is 0 Å². The molecule has 21 heavy (non-hydrogen) atoms. The lowest BCUT2D eigenvalue weighted by Crippen LogP contribution is -2.29. The average Bonchev–Trinajstić information content (AvgIpc) is 2.96. The molecule has 6 heteroatoms. The van der Waals surface area contributed by atoms with E-state index in [4.69, 9.17) is 5.73 Å². The molecule has 1 aromatic heterocycles. The third-order valence-electron chi connectivity index (χ3n) is 3.69. The van der Waals surface area contributed by atoms with E-state index in [2.05, 4.69) is 20.4 Å². The maximum atomic E-state index is 12.0. The van der Waals surface area contributed by atoms with Gasteiger partial charge in [-0.3, -0.25) is 9.89 Å². The van der Waals surface area contributed by atoms with Crippen molar-refractivity contribution >= 4 is 23.1 Å². The van der Waals surface area contributed by atoms with Crippen molar-refractivity contribution in [2.24, 2.45) is 0 Å². The summed E-state index contributed by atoms with van der Waals surface area (Å²) in [5, 5.41) is 9.15. The minimum absolute atomic E-state index is 0.245. The lowest BCUT2D eigenvalue weighted by Gasteiger charge is -2.28. The molecule has 0 spiro atoms. The first-order valence-corrected chi connectivity index (χ1v) is 7.19. The van der Waals surface area contributed by atoms with Crippen molar-refractivity contribution in [1.82, 2.24) is 10.2 Å². The van der Waals surface area contributed by atoms with Gasteiger partial charge in [-0.2, -0.15) is 5.10 Å². The Hall–Kier alpha value is -2.50. The fraction of sp³-hybridized carbons (Fsp3) is 0.333. The zero-order chi connectivity index (χ0) is 14.7. The highest BCUT2D eigenvalue weighted by atomic mass is 16.1. The first-order valence-electron chi connectivity index (χ1n) is 7.19. The minimum atomic E-state index is -0.245. The molecule has 0 bridgehead atoms. The first-order chi connectivity index (χ1) is 10.2. The summed E-state index contributed by atoms with van der Waals surface area (Å²) in [4.78, 5) is 14.3. The van der Waals surface area contributed by atoms with Crippen LogP contribution in [0.4, 0.5) is 17.2 Å². The maximum absolute atomic E-state index is 12.0. The summed E-state index contributed by atoms with van der Waals surface area (Å²) in [6, 6.07) is 9.44. The number of rotatable bonds is 3. The van der Waals surface area contributed by atoms with Crippen LogP contribution in [0.2, 0.25) is 0 Å². The number of anilines is 3. The largest absolute Gasteiger partial charge is 0.382 e. The van der Waals surface area contributed by atoms with Crippen LogP contribution in [0.1, 0.15) is 29.8 Å². The van der Waals surface area contributed by atoms with Gasteiger partial charge in [-0.15, -0.1) is 0 Å². The van der Waals surface area contributed by atoms with Crippen molar-refractivity contribution in [1.29, 1.82) is 0 Å². The van der Waals surface area contributed by atoms with Gasteiger partial charge in [0.2, 0.25) is 0 Å². The molecule has 2 aromatic rings. The number of nitrogens with zero attached hydrogens (tertiary/aromatic N) is 2. The third kappa shape index (κ3) is 3.16. The normalized spacial score (nSPS) is 15.0. The van der Waals surface area contributed by atoms with Gasteiger partial charge in [0.25, 0.3) is 5.91 Å². The summed E-state index contributed by atoms with van der Waals surface area (Å²) < 4.78 is 0. The Morgan fingerprint density at radius 3 is 2.52 bits per heavy atom. The predicted molar refractivity (Wildman–Crippen MR) is 83.5 cm³/mol. The van der Waals surface area contributed by atoms with E-state index in [1.54, 1.807) is 0 Å². The van der Waals surface area contributed by atoms with E-state index >= 15 is 0 Å². The molecule has 1 saturated heterocycles. The molecule has 6 nitrogen and oxygen atoms in total. The van der Waals surface area contributed by atoms with Gasteiger partial charge in [-0.1, -0.05) is 0 Å². The van der Waals surface area contributed by atoms with Gasteiger partial charge in [0, 0.05) is 30.5 Å². The van der Waals surface area contributed by atoms with Crippen molar-refractivity contribution in [3.05, 3.63) is 36.0 Å². The number of benzene rings is 1. The minimum Gasteiger partial charge on any atom is -0.382 e. The van der Waals surface area contributed by atoms with Crippen molar-refractivity contribution in [2.75, 3.05) is 29.0 Å². The maximum Gasteiger partial charge on any atom is 0.273 e. The highest BCUT2D eigenvalue weighted by Gasteiger charge is 2.12. The van der Waals surface area contributed by atoms with Gasteiger partial charge >= 0.3 is 0 Å². The molecule has 0 unspecified atom stereocenters. The average molecular weight is 285 g/mol. The topological polar surface area (TPSA) is 87.0 Å². The van der Waals surface area contributed by atoms with E-state index in [1.165, 1.54) is 31.0 Å². The summed E-state index contributed by atoms with van der Waals surface area (Å²) >= 11 is 0. The van der Waals surface area contributed by atoms with Gasteiger partial charge in [-0.05, 0) is 43.5 Å². The molecule has 0 radical (unpaired) electrons. The highest BCUT2D eigenvalue weighted by molar-refractivity contribution is 6.03. The standard InChI is InChI=1S/C15H19N5O/c16-14-10-13(18-19-14)15(21)17-11-4-6-12(7-5-11)20-8-2-1-3-9-20/h4-7,10H,1-3,8-9H2,(H,17,21)(H3,16,18,19). The van der Waals surface area contributed by atoms with Gasteiger partial charge in [-0.25, -0.2) is 0 Å². The molecule has 3 rings (SSSR count). The molecular weight excluding hydrogens is 266 g/mol. The molecule has 0 atom stereocenters. The number of piperidine rings is 1. The second-order valence-electron chi connectivity index (χ2n) is 5.26. The van der Waals surface area contributed by atoms with Crippen LogP contribution >= 0.6 is 0 Å². The summed E-state index contributed by atoms with van der Waals surface area (Å²) in [6.07, 6.45) is 3.82. The lowest BCUT2D eigenvalue weighted by atomic mass is 10.1. The fourth-order valence-electron chi connectivity index (χ4n) is 2.56. The van der Waals surface area contributed by atoms with E-state index in [1.807, 2.05) is 24.3 Å². The second-order valence-corrected chi connectivity index (χ2v) is 5.26. The Labute approximate surface area is 123 Å². The Morgan fingerprint density at radius 2 is 1.90 bits per heavy atom. The number of carbonyl (C=O) groups is 1. The van der Waals surface area contributed by atoms with Crippen LogP contribution in [-0.4, -0.2) is 29.2 Å². The number of hydrogen-bond donors (Lipinski definition) is 3.